The lowest BCUT2D eigenvalue weighted by atomic mass is 10.0. The van der Waals surface area contributed by atoms with Gasteiger partial charge in [0.25, 0.3) is 5.91 Å². The quantitative estimate of drug-likeness (QED) is 0.564. The summed E-state index contributed by atoms with van der Waals surface area (Å²) in [5.74, 6) is -0.487. The maximum atomic E-state index is 12.1. The number of nitrogens with zero attached hydrogens (tertiary/aromatic N) is 2. The first-order valence-electron chi connectivity index (χ1n) is 6.39. The van der Waals surface area contributed by atoms with Crippen LogP contribution in [-0.2, 0) is 0 Å². The second-order valence-corrected chi connectivity index (χ2v) is 4.71. The summed E-state index contributed by atoms with van der Waals surface area (Å²) < 4.78 is 1.65. The monoisotopic (exact) mass is 291 g/mol. The van der Waals surface area contributed by atoms with Crippen molar-refractivity contribution in [1.82, 2.24) is 15.1 Å². The zero-order chi connectivity index (χ0) is 15.3. The molecule has 2 aromatic rings. The van der Waals surface area contributed by atoms with Crippen LogP contribution in [0.15, 0.2) is 42.7 Å². The number of aromatic nitrogens is 2. The van der Waals surface area contributed by atoms with Gasteiger partial charge in [-0.15, -0.1) is 0 Å². The van der Waals surface area contributed by atoms with Crippen LogP contribution in [0.5, 0.6) is 0 Å². The van der Waals surface area contributed by atoms with Gasteiger partial charge >= 0.3 is 0 Å². The highest BCUT2D eigenvalue weighted by Crippen LogP contribution is 2.10. The largest absolute Gasteiger partial charge is 0.394 e. The van der Waals surface area contributed by atoms with Crippen LogP contribution in [0, 0.1) is 0 Å². The van der Waals surface area contributed by atoms with Gasteiger partial charge in [0.15, 0.2) is 0 Å². The Bertz CT molecular complexity index is 569. The van der Waals surface area contributed by atoms with E-state index in [2.05, 4.69) is 10.4 Å². The first-order valence-corrected chi connectivity index (χ1v) is 6.39. The summed E-state index contributed by atoms with van der Waals surface area (Å²) in [4.78, 5) is 12.1. The number of aliphatic hydroxyl groups excluding tert-OH is 3. The van der Waals surface area contributed by atoms with Crippen molar-refractivity contribution >= 4 is 5.91 Å². The fraction of sp³-hybridized carbons (Fsp3) is 0.286. The minimum Gasteiger partial charge on any atom is -0.394 e. The van der Waals surface area contributed by atoms with Gasteiger partial charge in [0, 0.05) is 18.0 Å². The van der Waals surface area contributed by atoms with Crippen LogP contribution in [0.1, 0.15) is 10.4 Å². The van der Waals surface area contributed by atoms with Gasteiger partial charge in [0.2, 0.25) is 0 Å². The Kier molecular flexibility index (Phi) is 4.69. The van der Waals surface area contributed by atoms with Crippen molar-refractivity contribution in [2.75, 3.05) is 19.8 Å². The van der Waals surface area contributed by atoms with E-state index in [1.54, 1.807) is 47.4 Å². The number of rotatable bonds is 6. The highest BCUT2D eigenvalue weighted by Gasteiger charge is 2.30. The fourth-order valence-corrected chi connectivity index (χ4v) is 1.77. The lowest BCUT2D eigenvalue weighted by Gasteiger charge is -2.28. The van der Waals surface area contributed by atoms with Crippen molar-refractivity contribution in [3.63, 3.8) is 0 Å². The summed E-state index contributed by atoms with van der Waals surface area (Å²) in [6.45, 7) is -1.68. The number of benzene rings is 1. The highest BCUT2D eigenvalue weighted by atomic mass is 16.3. The molecule has 1 heterocycles. The second kappa shape index (κ2) is 6.49. The molecule has 112 valence electrons. The van der Waals surface area contributed by atoms with E-state index in [-0.39, 0.29) is 0 Å². The number of hydrogen-bond donors (Lipinski definition) is 4. The maximum absolute atomic E-state index is 12.1. The smallest absolute Gasteiger partial charge is 0.251 e. The van der Waals surface area contributed by atoms with E-state index < -0.39 is 31.3 Å². The van der Waals surface area contributed by atoms with Crippen LogP contribution in [-0.4, -0.2) is 56.4 Å². The van der Waals surface area contributed by atoms with Crippen LogP contribution in [0.2, 0.25) is 0 Å². The molecule has 1 amide bonds. The van der Waals surface area contributed by atoms with Crippen molar-refractivity contribution in [3.05, 3.63) is 48.3 Å². The van der Waals surface area contributed by atoms with Gasteiger partial charge in [-0.05, 0) is 30.3 Å². The average molecular weight is 291 g/mol. The molecule has 4 N–H and O–H groups in total. The van der Waals surface area contributed by atoms with Gasteiger partial charge in [-0.3, -0.25) is 4.79 Å². The topological polar surface area (TPSA) is 108 Å². The highest BCUT2D eigenvalue weighted by molar-refractivity contribution is 5.94. The number of amides is 1. The Hall–Kier alpha value is -2.22. The molecule has 0 aliphatic rings. The molecule has 1 aromatic carbocycles. The zero-order valence-electron chi connectivity index (χ0n) is 11.3. The Morgan fingerprint density at radius 3 is 2.24 bits per heavy atom. The molecule has 7 nitrogen and oxygen atoms in total. The molecule has 0 atom stereocenters. The standard InChI is InChI=1S/C14H17N3O4/c18-8-14(9-19,10-20)16-13(21)11-2-4-12(5-3-11)17-7-1-6-15-17/h1-7,18-20H,8-10H2,(H,16,21). The van der Waals surface area contributed by atoms with Crippen molar-refractivity contribution in [1.29, 1.82) is 0 Å². The minimum atomic E-state index is -1.43. The SMILES string of the molecule is O=C(NC(CO)(CO)CO)c1ccc(-n2cccn2)cc1. The number of aliphatic hydroxyl groups is 3. The summed E-state index contributed by atoms with van der Waals surface area (Å²) in [7, 11) is 0. The van der Waals surface area contributed by atoms with Gasteiger partial charge in [0.1, 0.15) is 5.54 Å². The van der Waals surface area contributed by atoms with Crippen LogP contribution >= 0.6 is 0 Å². The molecule has 21 heavy (non-hydrogen) atoms. The Labute approximate surface area is 121 Å². The Morgan fingerprint density at radius 2 is 1.76 bits per heavy atom. The van der Waals surface area contributed by atoms with Crippen molar-refractivity contribution in [2.24, 2.45) is 0 Å². The lowest BCUT2D eigenvalue weighted by molar-refractivity contribution is 0.0375. The molecule has 0 aliphatic heterocycles. The predicted molar refractivity (Wildman–Crippen MR) is 75.0 cm³/mol. The average Bonchev–Trinajstić information content (AvgIpc) is 3.07. The van der Waals surface area contributed by atoms with E-state index in [4.69, 9.17) is 0 Å². The van der Waals surface area contributed by atoms with Gasteiger partial charge < -0.3 is 20.6 Å². The van der Waals surface area contributed by atoms with Crippen molar-refractivity contribution in [3.8, 4) is 5.69 Å². The summed E-state index contributed by atoms with van der Waals surface area (Å²) in [6.07, 6.45) is 3.43. The third kappa shape index (κ3) is 3.27. The van der Waals surface area contributed by atoms with E-state index in [1.807, 2.05) is 0 Å². The van der Waals surface area contributed by atoms with Crippen molar-refractivity contribution in [2.45, 2.75) is 5.54 Å². The van der Waals surface area contributed by atoms with Crippen LogP contribution in [0.25, 0.3) is 5.69 Å². The summed E-state index contributed by atoms with van der Waals surface area (Å²) in [6, 6.07) is 8.44. The summed E-state index contributed by atoms with van der Waals surface area (Å²) in [5, 5.41) is 34.1. The van der Waals surface area contributed by atoms with E-state index in [0.717, 1.165) is 5.69 Å². The predicted octanol–water partition coefficient (Wildman–Crippen LogP) is -0.682. The van der Waals surface area contributed by atoms with Gasteiger partial charge in [0.05, 0.1) is 25.5 Å². The van der Waals surface area contributed by atoms with Crippen molar-refractivity contribution < 1.29 is 20.1 Å². The first-order chi connectivity index (χ1) is 10.1. The van der Waals surface area contributed by atoms with E-state index in [1.165, 1.54) is 0 Å². The molecule has 0 saturated carbocycles. The second-order valence-electron chi connectivity index (χ2n) is 4.71. The molecule has 2 rings (SSSR count). The van der Waals surface area contributed by atoms with Crippen LogP contribution in [0.3, 0.4) is 0 Å². The fourth-order valence-electron chi connectivity index (χ4n) is 1.77. The minimum absolute atomic E-state index is 0.352. The molecule has 0 aliphatic carbocycles. The first kappa shape index (κ1) is 15.2. The van der Waals surface area contributed by atoms with Crippen LogP contribution in [0.4, 0.5) is 0 Å². The molecule has 0 unspecified atom stereocenters. The zero-order valence-corrected chi connectivity index (χ0v) is 11.3. The molecular weight excluding hydrogens is 274 g/mol. The number of nitrogens with one attached hydrogen (secondary N) is 1. The molecule has 0 bridgehead atoms. The molecule has 0 radical (unpaired) electrons. The van der Waals surface area contributed by atoms with E-state index in [9.17, 15) is 20.1 Å². The molecule has 7 heteroatoms. The molecule has 0 spiro atoms. The maximum Gasteiger partial charge on any atom is 0.251 e. The lowest BCUT2D eigenvalue weighted by Crippen LogP contribution is -2.57. The number of carbonyl (C=O) groups is 1. The summed E-state index contributed by atoms with van der Waals surface area (Å²) in [5.41, 5.74) is -0.280. The third-order valence-electron chi connectivity index (χ3n) is 3.19. The molecule has 0 fully saturated rings. The number of hydrogen-bond acceptors (Lipinski definition) is 5. The molecular formula is C14H17N3O4. The van der Waals surface area contributed by atoms with Gasteiger partial charge in [-0.1, -0.05) is 0 Å². The van der Waals surface area contributed by atoms with E-state index >= 15 is 0 Å². The van der Waals surface area contributed by atoms with Gasteiger partial charge in [-0.25, -0.2) is 4.68 Å². The van der Waals surface area contributed by atoms with Crippen LogP contribution < -0.4 is 5.32 Å². The molecule has 1 aromatic heterocycles. The summed E-state index contributed by atoms with van der Waals surface area (Å²) >= 11 is 0. The normalized spacial score (nSPS) is 11.4. The Morgan fingerprint density at radius 1 is 1.14 bits per heavy atom. The number of carbonyl (C=O) groups excluding carboxylic acids is 1. The Balaban J connectivity index is 2.13. The molecule has 0 saturated heterocycles. The van der Waals surface area contributed by atoms with E-state index in [0.29, 0.717) is 5.56 Å². The third-order valence-corrected chi connectivity index (χ3v) is 3.19. The van der Waals surface area contributed by atoms with Gasteiger partial charge in [-0.2, -0.15) is 5.10 Å².